The summed E-state index contributed by atoms with van der Waals surface area (Å²) in [6.45, 7) is 9.66. The Balaban J connectivity index is 1.48. The lowest BCUT2D eigenvalue weighted by Gasteiger charge is -2.12. The van der Waals surface area contributed by atoms with Gasteiger partial charge in [0.15, 0.2) is 0 Å². The van der Waals surface area contributed by atoms with E-state index in [-0.39, 0.29) is 0 Å². The number of halogens is 1. The van der Waals surface area contributed by atoms with Gasteiger partial charge in [-0.05, 0) is 56.7 Å². The number of nitrogens with zero attached hydrogens (tertiary/aromatic N) is 4. The van der Waals surface area contributed by atoms with E-state index in [9.17, 15) is 0 Å². The van der Waals surface area contributed by atoms with Crippen LogP contribution >= 0.6 is 11.6 Å². The number of hydrogen-bond donors (Lipinski definition) is 1. The average Bonchev–Trinajstić information content (AvgIpc) is 3.31. The highest BCUT2D eigenvalue weighted by Gasteiger charge is 2.10. The number of aromatic nitrogens is 4. The Labute approximate surface area is 202 Å². The summed E-state index contributed by atoms with van der Waals surface area (Å²) in [7, 11) is 0. The number of anilines is 1. The summed E-state index contributed by atoms with van der Waals surface area (Å²) in [5.41, 5.74) is 4.54. The van der Waals surface area contributed by atoms with E-state index >= 15 is 0 Å². The third-order valence-electron chi connectivity index (χ3n) is 5.82. The van der Waals surface area contributed by atoms with E-state index in [4.69, 9.17) is 16.3 Å². The molecule has 0 saturated carbocycles. The van der Waals surface area contributed by atoms with Crippen LogP contribution in [0.2, 0.25) is 5.02 Å². The number of benzene rings is 1. The van der Waals surface area contributed by atoms with Gasteiger partial charge in [0.05, 0.1) is 17.9 Å². The van der Waals surface area contributed by atoms with Crippen molar-refractivity contribution in [2.24, 2.45) is 5.92 Å². The van der Waals surface area contributed by atoms with Crippen LogP contribution in [0.25, 0.3) is 5.69 Å². The Morgan fingerprint density at radius 3 is 2.73 bits per heavy atom. The highest BCUT2D eigenvalue weighted by atomic mass is 35.5. The fraction of sp³-hybridized carbons (Fsp3) is 0.423. The van der Waals surface area contributed by atoms with Crippen molar-refractivity contribution in [3.63, 3.8) is 0 Å². The van der Waals surface area contributed by atoms with E-state index in [1.807, 2.05) is 16.9 Å². The van der Waals surface area contributed by atoms with Gasteiger partial charge in [-0.25, -0.2) is 14.6 Å². The number of aryl methyl sites for hydroxylation is 1. The highest BCUT2D eigenvalue weighted by molar-refractivity contribution is 6.33. The molecule has 0 aliphatic heterocycles. The third kappa shape index (κ3) is 7.32. The van der Waals surface area contributed by atoms with Crippen molar-refractivity contribution in [2.75, 3.05) is 18.5 Å². The van der Waals surface area contributed by atoms with E-state index in [2.05, 4.69) is 78.4 Å². The van der Waals surface area contributed by atoms with Crippen molar-refractivity contribution in [3.8, 4) is 11.6 Å². The fourth-order valence-electron chi connectivity index (χ4n) is 3.33. The molecule has 1 N–H and O–H groups in total. The van der Waals surface area contributed by atoms with Crippen molar-refractivity contribution in [1.29, 1.82) is 0 Å². The molecule has 0 aliphatic carbocycles. The van der Waals surface area contributed by atoms with Crippen LogP contribution in [0.4, 0.5) is 5.82 Å². The summed E-state index contributed by atoms with van der Waals surface area (Å²) >= 11 is 6.50. The molecule has 1 unspecified atom stereocenters. The first-order valence-corrected chi connectivity index (χ1v) is 12.0. The van der Waals surface area contributed by atoms with Crippen molar-refractivity contribution in [1.82, 2.24) is 19.7 Å². The molecule has 0 spiro atoms. The summed E-state index contributed by atoms with van der Waals surface area (Å²) < 4.78 is 7.62. The summed E-state index contributed by atoms with van der Waals surface area (Å²) in [6, 6.07) is 10.3. The Morgan fingerprint density at radius 2 is 2.00 bits per heavy atom. The van der Waals surface area contributed by atoms with E-state index in [1.165, 1.54) is 11.1 Å². The van der Waals surface area contributed by atoms with Crippen LogP contribution in [-0.2, 0) is 12.8 Å². The van der Waals surface area contributed by atoms with Gasteiger partial charge in [0, 0.05) is 12.3 Å². The van der Waals surface area contributed by atoms with Gasteiger partial charge in [0.25, 0.3) is 0 Å². The van der Waals surface area contributed by atoms with Crippen LogP contribution < -0.4 is 10.1 Å². The van der Waals surface area contributed by atoms with Gasteiger partial charge in [-0.3, -0.25) is 0 Å². The van der Waals surface area contributed by atoms with E-state index in [0.717, 1.165) is 37.1 Å². The smallest absolute Gasteiger partial charge is 0.233 e. The molecule has 0 amide bonds. The maximum atomic E-state index is 6.50. The molecule has 2 heterocycles. The molecule has 176 valence electrons. The van der Waals surface area contributed by atoms with Crippen molar-refractivity contribution < 1.29 is 4.74 Å². The van der Waals surface area contributed by atoms with Crippen LogP contribution in [0, 0.1) is 5.92 Å². The van der Waals surface area contributed by atoms with Gasteiger partial charge in [-0.1, -0.05) is 55.7 Å². The molecule has 0 fully saturated rings. The van der Waals surface area contributed by atoms with Crippen LogP contribution in [0.1, 0.15) is 51.8 Å². The third-order valence-corrected chi connectivity index (χ3v) is 6.22. The Bertz CT molecular complexity index is 1050. The van der Waals surface area contributed by atoms with E-state index in [1.54, 1.807) is 6.33 Å². The first-order valence-electron chi connectivity index (χ1n) is 11.6. The van der Waals surface area contributed by atoms with Crippen LogP contribution in [-0.4, -0.2) is 32.9 Å². The van der Waals surface area contributed by atoms with E-state index < -0.39 is 0 Å². The Hall–Kier alpha value is -2.86. The number of nitrogens with one attached hydrogen (secondary N) is 1. The quantitative estimate of drug-likeness (QED) is 0.250. The molecule has 3 aromatic rings. The molecule has 2 aromatic heterocycles. The molecule has 1 atom stereocenters. The summed E-state index contributed by atoms with van der Waals surface area (Å²) in [5, 5.41) is 8.35. The van der Waals surface area contributed by atoms with Gasteiger partial charge >= 0.3 is 0 Å². The zero-order valence-corrected chi connectivity index (χ0v) is 20.8. The molecular formula is C26H34ClN5O. The monoisotopic (exact) mass is 467 g/mol. The van der Waals surface area contributed by atoms with Crippen LogP contribution in [0.15, 0.2) is 54.5 Å². The second kappa shape index (κ2) is 12.4. The first kappa shape index (κ1) is 24.8. The topological polar surface area (TPSA) is 64.9 Å². The van der Waals surface area contributed by atoms with Gasteiger partial charge in [-0.15, -0.1) is 5.10 Å². The molecule has 3 rings (SSSR count). The highest BCUT2D eigenvalue weighted by Crippen LogP contribution is 2.24. The Morgan fingerprint density at radius 1 is 1.21 bits per heavy atom. The lowest BCUT2D eigenvalue weighted by molar-refractivity contribution is 0.317. The molecule has 33 heavy (non-hydrogen) atoms. The molecule has 7 heteroatoms. The number of ether oxygens (including phenoxy) is 1. The molecule has 0 saturated heterocycles. The molecule has 0 bridgehead atoms. The number of hydrogen-bond acceptors (Lipinski definition) is 5. The first-order chi connectivity index (χ1) is 16.0. The predicted molar refractivity (Wildman–Crippen MR) is 136 cm³/mol. The molecule has 0 radical (unpaired) electrons. The minimum absolute atomic E-state index is 0.446. The second-order valence-corrected chi connectivity index (χ2v) is 8.77. The fourth-order valence-corrected chi connectivity index (χ4v) is 3.59. The molecule has 0 aliphatic rings. The molecule has 6 nitrogen and oxygen atoms in total. The normalized spacial score (nSPS) is 12.6. The van der Waals surface area contributed by atoms with Gasteiger partial charge < -0.3 is 10.1 Å². The van der Waals surface area contributed by atoms with E-state index in [0.29, 0.717) is 35.8 Å². The lowest BCUT2D eigenvalue weighted by Crippen LogP contribution is -2.14. The molecular weight excluding hydrogens is 434 g/mol. The predicted octanol–water partition coefficient (Wildman–Crippen LogP) is 6.29. The number of allylic oxidation sites excluding steroid dienone is 2. The van der Waals surface area contributed by atoms with Crippen molar-refractivity contribution in [2.45, 2.75) is 53.4 Å². The minimum atomic E-state index is 0.446. The van der Waals surface area contributed by atoms with Gasteiger partial charge in [0.1, 0.15) is 23.8 Å². The average molecular weight is 468 g/mol. The zero-order valence-electron chi connectivity index (χ0n) is 20.0. The second-order valence-electron chi connectivity index (χ2n) is 8.39. The Kier molecular flexibility index (Phi) is 9.31. The maximum Gasteiger partial charge on any atom is 0.233 e. The summed E-state index contributed by atoms with van der Waals surface area (Å²) in [6.07, 6.45) is 9.65. The standard InChI is InChI=1S/C26H34ClN5O/c1-5-19(3)7-12-23-25(27)26(30-18-29-23)28-14-16-33-24-13-15-32(31-24)22-10-8-21(9-11-22)17-20(4)6-2/h6,8-11,13,15,18-19H,5,7,12,14,16-17H2,1-4H3,(H,28,29,30)/b20-6+. The SMILES string of the molecule is C/C=C(\C)Cc1ccc(-n2ccc(OCCNc3ncnc(CCC(C)CC)c3Cl)n2)cc1. The summed E-state index contributed by atoms with van der Waals surface area (Å²) in [4.78, 5) is 8.62. The molecule has 1 aromatic carbocycles. The minimum Gasteiger partial charge on any atom is -0.475 e. The van der Waals surface area contributed by atoms with Gasteiger partial charge in [-0.2, -0.15) is 0 Å². The van der Waals surface area contributed by atoms with Crippen LogP contribution in [0.5, 0.6) is 5.88 Å². The van der Waals surface area contributed by atoms with Crippen molar-refractivity contribution >= 4 is 17.4 Å². The lowest BCUT2D eigenvalue weighted by atomic mass is 10.0. The van der Waals surface area contributed by atoms with Crippen LogP contribution in [0.3, 0.4) is 0 Å². The van der Waals surface area contributed by atoms with Gasteiger partial charge in [0.2, 0.25) is 5.88 Å². The summed E-state index contributed by atoms with van der Waals surface area (Å²) in [5.74, 6) is 1.88. The maximum absolute atomic E-state index is 6.50. The zero-order chi connectivity index (χ0) is 23.6. The largest absolute Gasteiger partial charge is 0.475 e. The van der Waals surface area contributed by atoms with Crippen molar-refractivity contribution in [3.05, 3.63) is 70.8 Å². The number of rotatable bonds is 12.